The summed E-state index contributed by atoms with van der Waals surface area (Å²) < 4.78 is 10.6. The van der Waals surface area contributed by atoms with E-state index in [4.69, 9.17) is 9.47 Å². The molecule has 0 amide bonds. The van der Waals surface area contributed by atoms with E-state index in [2.05, 4.69) is 0 Å². The number of aliphatic hydroxyl groups is 1. The molecule has 1 fully saturated rings. The minimum atomic E-state index is -0.649. The summed E-state index contributed by atoms with van der Waals surface area (Å²) in [5, 5.41) is 10.9. The van der Waals surface area contributed by atoms with Crippen LogP contribution in [0.25, 0.3) is 0 Å². The van der Waals surface area contributed by atoms with Crippen LogP contribution in [0.4, 0.5) is 0 Å². The lowest BCUT2D eigenvalue weighted by Crippen LogP contribution is -2.36. The van der Waals surface area contributed by atoms with Gasteiger partial charge < -0.3 is 14.6 Å². The fraction of sp³-hybridized carbons (Fsp3) is 0.667. The fourth-order valence-electron chi connectivity index (χ4n) is 3.45. The Morgan fingerprint density at radius 1 is 1.05 bits per heavy atom. The second kappa shape index (κ2) is 7.17. The van der Waals surface area contributed by atoms with Crippen LogP contribution < -0.4 is 9.47 Å². The second-order valence-corrected chi connectivity index (χ2v) is 6.41. The van der Waals surface area contributed by atoms with Gasteiger partial charge in [-0.25, -0.2) is 0 Å². The van der Waals surface area contributed by atoms with Crippen molar-refractivity contribution < 1.29 is 14.6 Å². The Morgan fingerprint density at radius 2 is 1.67 bits per heavy atom. The van der Waals surface area contributed by atoms with Gasteiger partial charge in [-0.15, -0.1) is 0 Å². The van der Waals surface area contributed by atoms with Crippen LogP contribution in [0.1, 0.15) is 51.0 Å². The molecule has 1 aliphatic rings. The van der Waals surface area contributed by atoms with Gasteiger partial charge >= 0.3 is 0 Å². The van der Waals surface area contributed by atoms with Crippen molar-refractivity contribution in [3.8, 4) is 11.5 Å². The number of rotatable bonds is 5. The molecule has 1 aromatic rings. The maximum absolute atomic E-state index is 10.9. The molecule has 118 valence electrons. The third-order valence-electron chi connectivity index (χ3n) is 4.74. The predicted molar refractivity (Wildman–Crippen MR) is 85.1 cm³/mol. The molecule has 21 heavy (non-hydrogen) atoms. The standard InChI is InChI=1S/C18H28O3/c1-18(19,15-8-6-4-5-7-9-15)13-14-10-11-16(20-2)17(12-14)21-3/h10-12,15,19H,4-9,13H2,1-3H3. The van der Waals surface area contributed by atoms with Crippen molar-refractivity contribution in [2.45, 2.75) is 57.5 Å². The van der Waals surface area contributed by atoms with Crippen molar-refractivity contribution in [2.75, 3.05) is 14.2 Å². The molecule has 1 unspecified atom stereocenters. The number of hydrogen-bond donors (Lipinski definition) is 1. The smallest absolute Gasteiger partial charge is 0.160 e. The summed E-state index contributed by atoms with van der Waals surface area (Å²) in [4.78, 5) is 0. The van der Waals surface area contributed by atoms with E-state index in [9.17, 15) is 5.11 Å². The van der Waals surface area contributed by atoms with Crippen LogP contribution in [0.15, 0.2) is 18.2 Å². The first kappa shape index (κ1) is 16.2. The molecule has 0 aromatic heterocycles. The van der Waals surface area contributed by atoms with Crippen LogP contribution in [-0.2, 0) is 6.42 Å². The molecule has 0 bridgehead atoms. The van der Waals surface area contributed by atoms with Gasteiger partial charge in [0.25, 0.3) is 0 Å². The van der Waals surface area contributed by atoms with Crippen LogP contribution >= 0.6 is 0 Å². The van der Waals surface area contributed by atoms with Gasteiger partial charge in [0.15, 0.2) is 11.5 Å². The molecular formula is C18H28O3. The largest absolute Gasteiger partial charge is 0.493 e. The van der Waals surface area contributed by atoms with Crippen LogP contribution in [-0.4, -0.2) is 24.9 Å². The van der Waals surface area contributed by atoms with Crippen molar-refractivity contribution in [3.05, 3.63) is 23.8 Å². The first-order valence-corrected chi connectivity index (χ1v) is 8.00. The third kappa shape index (κ3) is 4.13. The SMILES string of the molecule is COc1ccc(CC(C)(O)C2CCCCCC2)cc1OC. The van der Waals surface area contributed by atoms with Gasteiger partial charge in [0.2, 0.25) is 0 Å². The molecule has 1 saturated carbocycles. The van der Waals surface area contributed by atoms with Crippen LogP contribution in [0.3, 0.4) is 0 Å². The highest BCUT2D eigenvalue weighted by molar-refractivity contribution is 5.43. The van der Waals surface area contributed by atoms with Crippen LogP contribution in [0.5, 0.6) is 11.5 Å². The Morgan fingerprint density at radius 3 is 2.24 bits per heavy atom. The Hall–Kier alpha value is -1.22. The molecule has 3 heteroatoms. The summed E-state index contributed by atoms with van der Waals surface area (Å²) in [6.07, 6.45) is 8.05. The van der Waals surface area contributed by atoms with E-state index in [1.54, 1.807) is 14.2 Å². The molecule has 1 atom stereocenters. The van der Waals surface area contributed by atoms with Gasteiger partial charge in [0.05, 0.1) is 19.8 Å². The highest BCUT2D eigenvalue weighted by Gasteiger charge is 2.32. The molecule has 2 rings (SSSR count). The fourth-order valence-corrected chi connectivity index (χ4v) is 3.45. The molecule has 1 N–H and O–H groups in total. The minimum absolute atomic E-state index is 0.396. The van der Waals surface area contributed by atoms with E-state index in [1.807, 2.05) is 25.1 Å². The summed E-state index contributed by atoms with van der Waals surface area (Å²) in [7, 11) is 3.28. The van der Waals surface area contributed by atoms with Crippen molar-refractivity contribution >= 4 is 0 Å². The third-order valence-corrected chi connectivity index (χ3v) is 4.74. The minimum Gasteiger partial charge on any atom is -0.493 e. The van der Waals surface area contributed by atoms with Crippen molar-refractivity contribution in [2.24, 2.45) is 5.92 Å². The summed E-state index contributed by atoms with van der Waals surface area (Å²) in [6.45, 7) is 1.99. The monoisotopic (exact) mass is 292 g/mol. The van der Waals surface area contributed by atoms with Gasteiger partial charge in [-0.1, -0.05) is 31.7 Å². The molecule has 1 aromatic carbocycles. The molecule has 0 aliphatic heterocycles. The zero-order chi connectivity index (χ0) is 15.3. The van der Waals surface area contributed by atoms with Gasteiger partial charge in [-0.2, -0.15) is 0 Å². The highest BCUT2D eigenvalue weighted by Crippen LogP contribution is 2.35. The van der Waals surface area contributed by atoms with Gasteiger partial charge in [-0.3, -0.25) is 0 Å². The Kier molecular flexibility index (Phi) is 5.51. The van der Waals surface area contributed by atoms with E-state index in [0.29, 0.717) is 12.3 Å². The molecule has 0 spiro atoms. The average molecular weight is 292 g/mol. The number of ether oxygens (including phenoxy) is 2. The zero-order valence-corrected chi connectivity index (χ0v) is 13.5. The Bertz CT molecular complexity index is 446. The number of benzene rings is 1. The first-order chi connectivity index (χ1) is 10.1. The second-order valence-electron chi connectivity index (χ2n) is 6.41. The number of methoxy groups -OCH3 is 2. The van der Waals surface area contributed by atoms with Gasteiger partial charge in [0, 0.05) is 6.42 Å². The zero-order valence-electron chi connectivity index (χ0n) is 13.5. The first-order valence-electron chi connectivity index (χ1n) is 8.00. The molecule has 3 nitrogen and oxygen atoms in total. The normalized spacial score (nSPS) is 19.6. The lowest BCUT2D eigenvalue weighted by atomic mass is 9.79. The molecule has 0 saturated heterocycles. The van der Waals surface area contributed by atoms with Gasteiger partial charge in [-0.05, 0) is 43.4 Å². The molecule has 0 heterocycles. The van der Waals surface area contributed by atoms with Gasteiger partial charge in [0.1, 0.15) is 0 Å². The topological polar surface area (TPSA) is 38.7 Å². The van der Waals surface area contributed by atoms with Crippen molar-refractivity contribution in [3.63, 3.8) is 0 Å². The average Bonchev–Trinajstić information content (AvgIpc) is 2.76. The lowest BCUT2D eigenvalue weighted by Gasteiger charge is -2.32. The van der Waals surface area contributed by atoms with E-state index in [1.165, 1.54) is 25.7 Å². The Labute approximate surface area is 128 Å². The van der Waals surface area contributed by atoms with Crippen LogP contribution in [0, 0.1) is 5.92 Å². The molecule has 1 aliphatic carbocycles. The van der Waals surface area contributed by atoms with Crippen molar-refractivity contribution in [1.29, 1.82) is 0 Å². The van der Waals surface area contributed by atoms with E-state index in [0.717, 1.165) is 29.9 Å². The summed E-state index contributed by atoms with van der Waals surface area (Å²) in [6, 6.07) is 5.91. The summed E-state index contributed by atoms with van der Waals surface area (Å²) >= 11 is 0. The molecular weight excluding hydrogens is 264 g/mol. The van der Waals surface area contributed by atoms with E-state index < -0.39 is 5.60 Å². The predicted octanol–water partition coefficient (Wildman–Crippen LogP) is 3.97. The van der Waals surface area contributed by atoms with E-state index >= 15 is 0 Å². The number of hydrogen-bond acceptors (Lipinski definition) is 3. The quantitative estimate of drug-likeness (QED) is 0.835. The highest BCUT2D eigenvalue weighted by atomic mass is 16.5. The van der Waals surface area contributed by atoms with Crippen molar-refractivity contribution in [1.82, 2.24) is 0 Å². The van der Waals surface area contributed by atoms with Crippen LogP contribution in [0.2, 0.25) is 0 Å². The molecule has 0 radical (unpaired) electrons. The summed E-state index contributed by atoms with van der Waals surface area (Å²) in [5.74, 6) is 1.86. The maximum atomic E-state index is 10.9. The summed E-state index contributed by atoms with van der Waals surface area (Å²) in [5.41, 5.74) is 0.450. The Balaban J connectivity index is 2.11. The lowest BCUT2D eigenvalue weighted by molar-refractivity contribution is -0.00718. The van der Waals surface area contributed by atoms with E-state index in [-0.39, 0.29) is 0 Å². The maximum Gasteiger partial charge on any atom is 0.160 e.